The molecule has 188 valence electrons. The number of esters is 2. The van der Waals surface area contributed by atoms with Gasteiger partial charge in [0.2, 0.25) is 0 Å². The minimum absolute atomic E-state index is 0.115. The Kier molecular flexibility index (Phi) is 7.67. The van der Waals surface area contributed by atoms with Gasteiger partial charge in [-0.3, -0.25) is 9.59 Å². The van der Waals surface area contributed by atoms with Gasteiger partial charge in [0, 0.05) is 31.6 Å². The molecule has 0 radical (unpaired) electrons. The fourth-order valence-electron chi connectivity index (χ4n) is 6.83. The Bertz CT molecular complexity index is 764. The Morgan fingerprint density at radius 1 is 1.21 bits per heavy atom. The van der Waals surface area contributed by atoms with Crippen molar-refractivity contribution >= 4 is 11.9 Å². The van der Waals surface area contributed by atoms with Crippen LogP contribution < -0.4 is 0 Å². The average molecular weight is 467 g/mol. The van der Waals surface area contributed by atoms with Crippen LogP contribution in [0.3, 0.4) is 0 Å². The summed E-state index contributed by atoms with van der Waals surface area (Å²) in [6, 6.07) is 0. The summed E-state index contributed by atoms with van der Waals surface area (Å²) in [7, 11) is 0. The van der Waals surface area contributed by atoms with Crippen molar-refractivity contribution in [2.45, 2.75) is 116 Å². The van der Waals surface area contributed by atoms with Gasteiger partial charge in [0.1, 0.15) is 17.3 Å². The van der Waals surface area contributed by atoms with Gasteiger partial charge in [-0.25, -0.2) is 0 Å². The van der Waals surface area contributed by atoms with Gasteiger partial charge in [-0.05, 0) is 56.9 Å². The van der Waals surface area contributed by atoms with E-state index in [-0.39, 0.29) is 35.7 Å². The third-order valence-electron chi connectivity index (χ3n) is 8.09. The van der Waals surface area contributed by atoms with Crippen LogP contribution in [0.5, 0.6) is 0 Å². The molecule has 0 aromatic carbocycles. The van der Waals surface area contributed by atoms with Crippen molar-refractivity contribution in [1.82, 2.24) is 0 Å². The Balaban J connectivity index is 2.14. The van der Waals surface area contributed by atoms with E-state index in [1.165, 1.54) is 6.92 Å². The molecule has 33 heavy (non-hydrogen) atoms. The topological polar surface area (TPSA) is 102 Å². The minimum Gasteiger partial charge on any atom is -0.459 e. The van der Waals surface area contributed by atoms with Crippen LogP contribution in [0.25, 0.3) is 0 Å². The van der Waals surface area contributed by atoms with Crippen molar-refractivity contribution in [3.05, 3.63) is 12.2 Å². The monoisotopic (exact) mass is 466 g/mol. The number of hydrogen-bond donors (Lipinski definition) is 2. The number of carbonyl (C=O) groups excluding carboxylic acids is 2. The summed E-state index contributed by atoms with van der Waals surface area (Å²) in [5.41, 5.74) is -1.27. The lowest BCUT2D eigenvalue weighted by Crippen LogP contribution is -2.60. The summed E-state index contributed by atoms with van der Waals surface area (Å²) in [5, 5.41) is 22.0. The lowest BCUT2D eigenvalue weighted by molar-refractivity contribution is -0.194. The highest BCUT2D eigenvalue weighted by atomic mass is 16.6. The van der Waals surface area contributed by atoms with Crippen molar-refractivity contribution in [3.63, 3.8) is 0 Å². The lowest BCUT2D eigenvalue weighted by Gasteiger charge is -2.52. The van der Waals surface area contributed by atoms with Crippen LogP contribution in [0, 0.1) is 23.7 Å². The quantitative estimate of drug-likeness (QED) is 0.472. The number of aliphatic hydroxyl groups is 2. The van der Waals surface area contributed by atoms with E-state index in [2.05, 4.69) is 20.4 Å². The molecule has 3 rings (SSSR count). The van der Waals surface area contributed by atoms with Gasteiger partial charge >= 0.3 is 11.9 Å². The van der Waals surface area contributed by atoms with Gasteiger partial charge in [-0.15, -0.1) is 0 Å². The molecule has 2 heterocycles. The van der Waals surface area contributed by atoms with Crippen LogP contribution in [0.2, 0.25) is 0 Å². The minimum atomic E-state index is -0.989. The summed E-state index contributed by atoms with van der Waals surface area (Å²) >= 11 is 0. The molecule has 3 fully saturated rings. The molecule has 7 heteroatoms. The second-order valence-electron chi connectivity index (χ2n) is 11.2. The number of carbonyl (C=O) groups is 2. The molecule has 1 aliphatic carbocycles. The van der Waals surface area contributed by atoms with Crippen LogP contribution in [0.4, 0.5) is 0 Å². The summed E-state index contributed by atoms with van der Waals surface area (Å²) < 4.78 is 18.7. The molecule has 1 saturated carbocycles. The zero-order valence-corrected chi connectivity index (χ0v) is 21.0. The van der Waals surface area contributed by atoms with Gasteiger partial charge in [0.25, 0.3) is 0 Å². The molecule has 9 atom stereocenters. The molecule has 2 saturated heterocycles. The lowest BCUT2D eigenvalue weighted by atomic mass is 9.56. The summed E-state index contributed by atoms with van der Waals surface area (Å²) in [4.78, 5) is 24.8. The SMILES string of the molecule is C=C1C[C@@H]2O[C@@H]([C@H]3[C@H](C(C)C)[C@@H](O)C[C@](C)(OC(C)=O)[C@H]32)[C@@](C)(OC(=O)CCC)CC[C@H]1O. The standard InChI is InChI=1S/C26H42O7/c1-8-9-20(30)33-25(6)11-10-17(28)15(4)12-19-23-22(24(25)31-19)21(14(2)3)18(29)13-26(23,7)32-16(5)27/h14,17-19,21-24,28-29H,4,8-13H2,1-3,5-7H3/t17-,18+,19+,21-,22+,23+,24+,25+,26+/m1/s1. The number of rotatable bonds is 5. The van der Waals surface area contributed by atoms with Gasteiger partial charge < -0.3 is 24.4 Å². The van der Waals surface area contributed by atoms with Crippen LogP contribution in [0.1, 0.15) is 80.1 Å². The van der Waals surface area contributed by atoms with Gasteiger partial charge in [0.05, 0.1) is 18.3 Å². The van der Waals surface area contributed by atoms with E-state index >= 15 is 0 Å². The van der Waals surface area contributed by atoms with Crippen molar-refractivity contribution in [1.29, 1.82) is 0 Å². The molecule has 0 aromatic rings. The largest absolute Gasteiger partial charge is 0.459 e. The fourth-order valence-corrected chi connectivity index (χ4v) is 6.83. The average Bonchev–Trinajstić information content (AvgIpc) is 3.06. The predicted octanol–water partition coefficient (Wildman–Crippen LogP) is 3.55. The molecule has 3 aliphatic rings. The van der Waals surface area contributed by atoms with Crippen LogP contribution in [-0.2, 0) is 23.8 Å². The number of hydrogen-bond acceptors (Lipinski definition) is 7. The van der Waals surface area contributed by atoms with Crippen molar-refractivity contribution < 1.29 is 34.0 Å². The van der Waals surface area contributed by atoms with E-state index in [1.807, 2.05) is 20.8 Å². The third-order valence-corrected chi connectivity index (χ3v) is 8.09. The number of fused-ring (bicyclic) bond motifs is 5. The van der Waals surface area contributed by atoms with E-state index in [4.69, 9.17) is 14.2 Å². The van der Waals surface area contributed by atoms with Gasteiger partial charge in [-0.1, -0.05) is 27.4 Å². The van der Waals surface area contributed by atoms with Gasteiger partial charge in [0.15, 0.2) is 0 Å². The van der Waals surface area contributed by atoms with Crippen LogP contribution in [-0.4, -0.2) is 57.8 Å². The molecule has 2 bridgehead atoms. The molecule has 0 amide bonds. The van der Waals surface area contributed by atoms with E-state index in [1.54, 1.807) is 0 Å². The number of aliphatic hydroxyl groups excluding tert-OH is 2. The highest BCUT2D eigenvalue weighted by molar-refractivity contribution is 5.70. The van der Waals surface area contributed by atoms with Crippen molar-refractivity contribution in [2.75, 3.05) is 0 Å². The van der Waals surface area contributed by atoms with E-state index < -0.39 is 35.5 Å². The molecule has 7 nitrogen and oxygen atoms in total. The second-order valence-corrected chi connectivity index (χ2v) is 11.2. The second kappa shape index (κ2) is 9.67. The fraction of sp³-hybridized carbons (Fsp3) is 0.846. The van der Waals surface area contributed by atoms with Crippen LogP contribution >= 0.6 is 0 Å². The summed E-state index contributed by atoms with van der Waals surface area (Å²) in [6.45, 7) is 15.3. The predicted molar refractivity (Wildman–Crippen MR) is 123 cm³/mol. The highest BCUT2D eigenvalue weighted by Crippen LogP contribution is 2.58. The first kappa shape index (κ1) is 26.2. The molecular weight excluding hydrogens is 424 g/mol. The third kappa shape index (κ3) is 5.01. The van der Waals surface area contributed by atoms with Gasteiger partial charge in [-0.2, -0.15) is 0 Å². The highest BCUT2D eigenvalue weighted by Gasteiger charge is 2.66. The van der Waals surface area contributed by atoms with E-state index in [0.29, 0.717) is 44.1 Å². The normalized spacial score (nSPS) is 43.3. The maximum atomic E-state index is 12.7. The maximum absolute atomic E-state index is 12.7. The molecule has 2 N–H and O–H groups in total. The van der Waals surface area contributed by atoms with Crippen molar-refractivity contribution in [2.24, 2.45) is 23.7 Å². The summed E-state index contributed by atoms with van der Waals surface area (Å²) in [5.74, 6) is -1.09. The molecule has 2 aliphatic heterocycles. The first-order valence-electron chi connectivity index (χ1n) is 12.4. The van der Waals surface area contributed by atoms with Crippen LogP contribution in [0.15, 0.2) is 12.2 Å². The van der Waals surface area contributed by atoms with E-state index in [9.17, 15) is 19.8 Å². The Labute approximate surface area is 197 Å². The Hall–Kier alpha value is -1.44. The molecule has 0 spiro atoms. The Morgan fingerprint density at radius 2 is 1.88 bits per heavy atom. The van der Waals surface area contributed by atoms with E-state index in [0.717, 1.165) is 0 Å². The molecular formula is C26H42O7. The zero-order chi connectivity index (χ0) is 24.7. The molecule has 0 unspecified atom stereocenters. The smallest absolute Gasteiger partial charge is 0.306 e. The Morgan fingerprint density at radius 3 is 2.45 bits per heavy atom. The zero-order valence-electron chi connectivity index (χ0n) is 21.0. The number of ether oxygens (including phenoxy) is 3. The van der Waals surface area contributed by atoms with Crippen molar-refractivity contribution in [3.8, 4) is 0 Å². The first-order valence-corrected chi connectivity index (χ1v) is 12.4. The maximum Gasteiger partial charge on any atom is 0.306 e. The first-order chi connectivity index (χ1) is 15.3. The summed E-state index contributed by atoms with van der Waals surface area (Å²) in [6.07, 6.45) is 0.247. The molecule has 0 aromatic heterocycles.